The van der Waals surface area contributed by atoms with Crippen molar-refractivity contribution in [3.63, 3.8) is 0 Å². The fraction of sp³-hybridized carbons (Fsp3) is 0.240. The first-order valence-electron chi connectivity index (χ1n) is 9.79. The van der Waals surface area contributed by atoms with Crippen molar-refractivity contribution in [3.05, 3.63) is 91.0 Å². The quantitative estimate of drug-likeness (QED) is 0.539. The summed E-state index contributed by atoms with van der Waals surface area (Å²) in [6.07, 6.45) is 6.84. The van der Waals surface area contributed by atoms with Crippen molar-refractivity contribution >= 4 is 28.6 Å². The van der Waals surface area contributed by atoms with Gasteiger partial charge in [0.25, 0.3) is 0 Å². The molecule has 3 aromatic carbocycles. The first kappa shape index (κ1) is 17.4. The molecule has 0 aromatic heterocycles. The van der Waals surface area contributed by atoms with Gasteiger partial charge in [0.2, 0.25) is 0 Å². The van der Waals surface area contributed by atoms with Gasteiger partial charge in [0.1, 0.15) is 0 Å². The number of rotatable bonds is 5. The molecule has 0 heterocycles. The van der Waals surface area contributed by atoms with Crippen LogP contribution < -0.4 is 15.9 Å². The Kier molecular flexibility index (Phi) is 5.42. The van der Waals surface area contributed by atoms with Gasteiger partial charge < -0.3 is 0 Å². The summed E-state index contributed by atoms with van der Waals surface area (Å²) in [5.74, 6) is 3.58. The molecule has 26 heavy (non-hydrogen) atoms. The lowest BCUT2D eigenvalue weighted by atomic mass is 10.1. The van der Waals surface area contributed by atoms with Crippen LogP contribution in [0.2, 0.25) is 0 Å². The van der Waals surface area contributed by atoms with E-state index in [4.69, 9.17) is 0 Å². The fourth-order valence-corrected chi connectivity index (χ4v) is 8.37. The zero-order chi connectivity index (χ0) is 17.7. The van der Waals surface area contributed by atoms with Crippen LogP contribution in [0.25, 0.3) is 0 Å². The van der Waals surface area contributed by atoms with Gasteiger partial charge in [-0.1, -0.05) is 122 Å². The van der Waals surface area contributed by atoms with E-state index in [9.17, 15) is 0 Å². The Hall–Kier alpha value is -2.04. The van der Waals surface area contributed by atoms with Gasteiger partial charge in [-0.3, -0.25) is 0 Å². The molecule has 0 spiro atoms. The molecule has 1 fully saturated rings. The van der Waals surface area contributed by atoms with Gasteiger partial charge in [0.05, 0.1) is 0 Å². The molecule has 4 rings (SSSR count). The molecule has 0 atom stereocenters. The molecule has 1 aliphatic carbocycles. The zero-order valence-corrected chi connectivity index (χ0v) is 16.2. The van der Waals surface area contributed by atoms with Crippen LogP contribution in [0.15, 0.2) is 91.0 Å². The van der Waals surface area contributed by atoms with E-state index in [0.29, 0.717) is 0 Å². The summed E-state index contributed by atoms with van der Waals surface area (Å²) in [5.41, 5.74) is 0. The normalized spacial score (nSPS) is 15.1. The van der Waals surface area contributed by atoms with Crippen molar-refractivity contribution < 1.29 is 0 Å². The first-order chi connectivity index (χ1) is 12.9. The van der Waals surface area contributed by atoms with E-state index in [1.807, 2.05) is 0 Å². The Labute approximate surface area is 157 Å². The maximum absolute atomic E-state index is 2.71. The Morgan fingerprint density at radius 3 is 1.38 bits per heavy atom. The summed E-state index contributed by atoms with van der Waals surface area (Å²) in [7, 11) is 0. The van der Waals surface area contributed by atoms with E-state index in [1.54, 1.807) is 0 Å². The predicted molar refractivity (Wildman–Crippen MR) is 118 cm³/mol. The average molecular weight is 358 g/mol. The second-order valence-electron chi connectivity index (χ2n) is 7.30. The van der Waals surface area contributed by atoms with Crippen LogP contribution in [0.5, 0.6) is 0 Å². The molecular weight excluding hydrogens is 331 g/mol. The van der Waals surface area contributed by atoms with Gasteiger partial charge in [-0.2, -0.15) is 0 Å². The number of hydrogen-bond acceptors (Lipinski definition) is 0. The minimum Gasteiger partial charge on any atom is -0.0740 e. The molecule has 3 aromatic rings. The van der Waals surface area contributed by atoms with Crippen molar-refractivity contribution in [2.75, 3.05) is 0 Å². The summed E-state index contributed by atoms with van der Waals surface area (Å²) in [5, 5.41) is 4.40. The van der Waals surface area contributed by atoms with Crippen LogP contribution in [-0.2, 0) is 0 Å². The highest BCUT2D eigenvalue weighted by atomic mass is 31.2. The summed E-state index contributed by atoms with van der Waals surface area (Å²) in [4.78, 5) is 0. The molecule has 1 heteroatoms. The smallest absolute Gasteiger partial charge is 0.0163 e. The van der Waals surface area contributed by atoms with E-state index in [0.717, 1.165) is 5.92 Å². The highest BCUT2D eigenvalue weighted by Gasteiger charge is 2.25. The minimum atomic E-state index is -1.73. The van der Waals surface area contributed by atoms with Gasteiger partial charge in [-0.05, 0) is 35.1 Å². The lowest BCUT2D eigenvalue weighted by molar-refractivity contribution is 0.580. The van der Waals surface area contributed by atoms with Gasteiger partial charge in [0, 0.05) is 0 Å². The second kappa shape index (κ2) is 8.11. The summed E-state index contributed by atoms with van der Waals surface area (Å²) < 4.78 is 0. The van der Waals surface area contributed by atoms with Crippen LogP contribution in [0.3, 0.4) is 0 Å². The SMILES string of the molecule is C(CC1CCCC1)=P(c1ccccc1)(c1ccccc1)c1ccccc1. The van der Waals surface area contributed by atoms with Gasteiger partial charge in [-0.15, -0.1) is 0 Å². The molecule has 0 amide bonds. The van der Waals surface area contributed by atoms with Gasteiger partial charge in [-0.25, -0.2) is 0 Å². The largest absolute Gasteiger partial charge is 0.0740 e. The van der Waals surface area contributed by atoms with Crippen molar-refractivity contribution in [1.82, 2.24) is 0 Å². The van der Waals surface area contributed by atoms with Gasteiger partial charge in [0.15, 0.2) is 0 Å². The topological polar surface area (TPSA) is 0 Å². The molecule has 0 unspecified atom stereocenters. The monoisotopic (exact) mass is 358 g/mol. The van der Waals surface area contributed by atoms with E-state index < -0.39 is 6.89 Å². The molecule has 132 valence electrons. The lowest BCUT2D eigenvalue weighted by Crippen LogP contribution is -2.27. The maximum Gasteiger partial charge on any atom is -0.0163 e. The van der Waals surface area contributed by atoms with Crippen LogP contribution in [0.4, 0.5) is 0 Å². The Bertz CT molecular complexity index is 756. The summed E-state index contributed by atoms with van der Waals surface area (Å²) >= 11 is 0. The average Bonchev–Trinajstić information content (AvgIpc) is 3.25. The van der Waals surface area contributed by atoms with Crippen molar-refractivity contribution in [2.24, 2.45) is 5.92 Å². The fourth-order valence-electron chi connectivity index (χ4n) is 4.31. The summed E-state index contributed by atoms with van der Waals surface area (Å²) in [6, 6.07) is 33.5. The molecular formula is C25H27P. The molecule has 1 saturated carbocycles. The van der Waals surface area contributed by atoms with E-state index in [-0.39, 0.29) is 0 Å². The number of benzene rings is 3. The third-order valence-electron chi connectivity index (χ3n) is 5.68. The molecule has 0 nitrogen and oxygen atoms in total. The number of hydrogen-bond donors (Lipinski definition) is 0. The van der Waals surface area contributed by atoms with Crippen molar-refractivity contribution in [1.29, 1.82) is 0 Å². The molecule has 0 saturated heterocycles. The van der Waals surface area contributed by atoms with Crippen LogP contribution in [-0.4, -0.2) is 5.80 Å². The van der Waals surface area contributed by atoms with Crippen LogP contribution in [0, 0.1) is 5.92 Å². The maximum atomic E-state index is 2.71. The zero-order valence-electron chi connectivity index (χ0n) is 15.3. The Balaban J connectivity index is 1.95. The first-order valence-corrected chi connectivity index (χ1v) is 11.7. The highest BCUT2D eigenvalue weighted by molar-refractivity contribution is 7.94. The Morgan fingerprint density at radius 2 is 1.00 bits per heavy atom. The molecule has 1 aliphatic rings. The second-order valence-corrected chi connectivity index (χ2v) is 10.7. The van der Waals surface area contributed by atoms with Crippen LogP contribution in [0.1, 0.15) is 32.1 Å². The lowest BCUT2D eigenvalue weighted by Gasteiger charge is -2.29. The van der Waals surface area contributed by atoms with E-state index >= 15 is 0 Å². The van der Waals surface area contributed by atoms with E-state index in [1.165, 1.54) is 48.0 Å². The van der Waals surface area contributed by atoms with Crippen LogP contribution >= 0.6 is 6.89 Å². The van der Waals surface area contributed by atoms with E-state index in [2.05, 4.69) is 96.8 Å². The highest BCUT2D eigenvalue weighted by Crippen LogP contribution is 2.45. The predicted octanol–water partition coefficient (Wildman–Crippen LogP) is 5.36. The molecule has 0 bridgehead atoms. The third-order valence-corrected chi connectivity index (χ3v) is 9.77. The third kappa shape index (κ3) is 3.44. The minimum absolute atomic E-state index is 0.866. The molecule has 0 aliphatic heterocycles. The molecule has 0 radical (unpaired) electrons. The van der Waals surface area contributed by atoms with Crippen molar-refractivity contribution in [3.8, 4) is 0 Å². The van der Waals surface area contributed by atoms with Crippen molar-refractivity contribution in [2.45, 2.75) is 32.1 Å². The van der Waals surface area contributed by atoms with Gasteiger partial charge >= 0.3 is 0 Å². The standard InChI is InChI=1S/C25H27P/c1-4-14-23(15-5-1)26(24-16-6-2-7-17-24,25-18-8-3-9-19-25)21-20-22-12-10-11-13-22/h1-9,14-19,21-22H,10-13,20H2. The Morgan fingerprint density at radius 1 is 0.615 bits per heavy atom. The molecule has 0 N–H and O–H groups in total. The summed E-state index contributed by atoms with van der Waals surface area (Å²) in [6.45, 7) is -1.73.